The van der Waals surface area contributed by atoms with E-state index in [4.69, 9.17) is 33.5 Å². The van der Waals surface area contributed by atoms with Crippen molar-refractivity contribution in [2.24, 2.45) is 0 Å². The minimum absolute atomic E-state index is 0.0586. The first-order chi connectivity index (χ1) is 17.9. The number of carbonyl (C=O) groups is 2. The van der Waals surface area contributed by atoms with E-state index in [2.05, 4.69) is 20.6 Å². The number of carboxylic acids is 1. The number of fused-ring (bicyclic) bond motifs is 1. The standard InChI is InChI=1S/C22H31F3N4O9/c1-21(2)37-19-13(28-16-9-26-8-15(29-16)22(23,24)25)10-36-14(20(19)38-21)7-27-17(30)11-34-5-3-33-4-6-35-12-18(31)32/h8-9,13-14,19-20H,3-7,10-12H2,1-2H3,(H,27,30)(H,28,29)(H,31,32)/t13-,14+,19+,20-/m0/s1. The van der Waals surface area contributed by atoms with Gasteiger partial charge < -0.3 is 44.2 Å². The second-order valence-electron chi connectivity index (χ2n) is 8.89. The van der Waals surface area contributed by atoms with Gasteiger partial charge in [-0.2, -0.15) is 13.2 Å². The smallest absolute Gasteiger partial charge is 0.434 e. The molecule has 0 spiro atoms. The van der Waals surface area contributed by atoms with Crippen LogP contribution >= 0.6 is 0 Å². The first kappa shape index (κ1) is 29.9. The Labute approximate surface area is 216 Å². The van der Waals surface area contributed by atoms with Crippen LogP contribution in [0.15, 0.2) is 12.4 Å². The fourth-order valence-electron chi connectivity index (χ4n) is 3.82. The van der Waals surface area contributed by atoms with Gasteiger partial charge in [0.15, 0.2) is 11.5 Å². The molecule has 3 rings (SSSR count). The second kappa shape index (κ2) is 13.4. The molecule has 3 heterocycles. The highest BCUT2D eigenvalue weighted by Crippen LogP contribution is 2.36. The third-order valence-corrected chi connectivity index (χ3v) is 5.38. The van der Waals surface area contributed by atoms with E-state index in [1.807, 2.05) is 0 Å². The van der Waals surface area contributed by atoms with E-state index in [0.29, 0.717) is 6.20 Å². The minimum atomic E-state index is -4.64. The summed E-state index contributed by atoms with van der Waals surface area (Å²) in [5.41, 5.74) is -1.13. The lowest BCUT2D eigenvalue weighted by Crippen LogP contribution is -2.57. The Bertz CT molecular complexity index is 938. The lowest BCUT2D eigenvalue weighted by atomic mass is 9.98. The van der Waals surface area contributed by atoms with Gasteiger partial charge in [0.2, 0.25) is 5.91 Å². The highest BCUT2D eigenvalue weighted by atomic mass is 19.4. The van der Waals surface area contributed by atoms with Gasteiger partial charge in [-0.05, 0) is 13.8 Å². The van der Waals surface area contributed by atoms with E-state index in [1.165, 1.54) is 6.20 Å². The van der Waals surface area contributed by atoms with Crippen molar-refractivity contribution in [2.45, 2.75) is 50.2 Å². The minimum Gasteiger partial charge on any atom is -0.480 e. The van der Waals surface area contributed by atoms with Crippen molar-refractivity contribution in [3.63, 3.8) is 0 Å². The number of carboxylic acid groups (broad SMARTS) is 1. The van der Waals surface area contributed by atoms with E-state index < -0.39 is 60.5 Å². The van der Waals surface area contributed by atoms with Crippen LogP contribution in [0, 0.1) is 0 Å². The second-order valence-corrected chi connectivity index (χ2v) is 8.89. The molecule has 1 amide bonds. The quantitative estimate of drug-likeness (QED) is 0.274. The van der Waals surface area contributed by atoms with Gasteiger partial charge in [-0.3, -0.25) is 9.78 Å². The average Bonchev–Trinajstić information content (AvgIpc) is 3.17. The summed E-state index contributed by atoms with van der Waals surface area (Å²) in [6, 6.07) is -0.579. The Hall–Kier alpha value is -2.63. The Morgan fingerprint density at radius 3 is 2.42 bits per heavy atom. The van der Waals surface area contributed by atoms with Crippen LogP contribution in [0.3, 0.4) is 0 Å². The number of nitrogens with one attached hydrogen (secondary N) is 2. The Morgan fingerprint density at radius 2 is 1.74 bits per heavy atom. The molecule has 0 saturated carbocycles. The van der Waals surface area contributed by atoms with Gasteiger partial charge in [-0.25, -0.2) is 9.78 Å². The number of ether oxygens (including phenoxy) is 6. The molecule has 0 bridgehead atoms. The first-order valence-electron chi connectivity index (χ1n) is 11.8. The molecule has 214 valence electrons. The van der Waals surface area contributed by atoms with Crippen LogP contribution in [0.1, 0.15) is 19.5 Å². The molecule has 2 aliphatic heterocycles. The normalized spacial score (nSPS) is 24.6. The number of carbonyl (C=O) groups excluding carboxylic acids is 1. The predicted molar refractivity (Wildman–Crippen MR) is 121 cm³/mol. The van der Waals surface area contributed by atoms with Gasteiger partial charge >= 0.3 is 12.1 Å². The van der Waals surface area contributed by atoms with Crippen molar-refractivity contribution in [1.82, 2.24) is 15.3 Å². The van der Waals surface area contributed by atoms with Crippen molar-refractivity contribution in [1.29, 1.82) is 0 Å². The van der Waals surface area contributed by atoms with Gasteiger partial charge in [-0.15, -0.1) is 0 Å². The molecule has 0 radical (unpaired) electrons. The number of rotatable bonds is 14. The number of amides is 1. The molecule has 2 saturated heterocycles. The van der Waals surface area contributed by atoms with Crippen molar-refractivity contribution in [2.75, 3.05) is 58.1 Å². The summed E-state index contributed by atoms with van der Waals surface area (Å²) < 4.78 is 72.0. The topological polar surface area (TPSA) is 160 Å². The van der Waals surface area contributed by atoms with Gasteiger partial charge in [0, 0.05) is 6.54 Å². The van der Waals surface area contributed by atoms with Gasteiger partial charge in [0.25, 0.3) is 0 Å². The maximum atomic E-state index is 13.0. The molecular weight excluding hydrogens is 521 g/mol. The van der Waals surface area contributed by atoms with Crippen LogP contribution in [0.5, 0.6) is 0 Å². The Kier molecular flexibility index (Phi) is 10.6. The number of halogens is 3. The lowest BCUT2D eigenvalue weighted by molar-refractivity contribution is -0.153. The maximum Gasteiger partial charge on any atom is 0.434 e. The summed E-state index contributed by atoms with van der Waals surface area (Å²) in [6.07, 6.45) is -4.61. The highest BCUT2D eigenvalue weighted by Gasteiger charge is 2.52. The van der Waals surface area contributed by atoms with E-state index in [1.54, 1.807) is 13.8 Å². The lowest BCUT2D eigenvalue weighted by Gasteiger charge is -2.37. The molecule has 2 aliphatic rings. The van der Waals surface area contributed by atoms with Crippen LogP contribution < -0.4 is 10.6 Å². The van der Waals surface area contributed by atoms with Gasteiger partial charge in [0.1, 0.15) is 37.3 Å². The van der Waals surface area contributed by atoms with E-state index in [-0.39, 0.29) is 52.0 Å². The summed E-state index contributed by atoms with van der Waals surface area (Å²) >= 11 is 0. The van der Waals surface area contributed by atoms with Crippen LogP contribution in [-0.4, -0.2) is 110 Å². The van der Waals surface area contributed by atoms with Crippen molar-refractivity contribution in [3.8, 4) is 0 Å². The zero-order chi connectivity index (χ0) is 27.8. The van der Waals surface area contributed by atoms with Crippen LogP contribution in [-0.2, 0) is 44.2 Å². The summed E-state index contributed by atoms with van der Waals surface area (Å²) in [5.74, 6) is -2.52. The molecule has 0 aromatic carbocycles. The summed E-state index contributed by atoms with van der Waals surface area (Å²) in [4.78, 5) is 29.7. The van der Waals surface area contributed by atoms with Gasteiger partial charge in [0.05, 0.1) is 51.5 Å². The Balaban J connectivity index is 1.42. The summed E-state index contributed by atoms with van der Waals surface area (Å²) in [5, 5.41) is 14.0. The summed E-state index contributed by atoms with van der Waals surface area (Å²) in [7, 11) is 0. The number of aromatic nitrogens is 2. The molecule has 0 aliphatic carbocycles. The van der Waals surface area contributed by atoms with Crippen LogP contribution in [0.25, 0.3) is 0 Å². The third-order valence-electron chi connectivity index (χ3n) is 5.38. The van der Waals surface area contributed by atoms with E-state index in [0.717, 1.165) is 0 Å². The van der Waals surface area contributed by atoms with Crippen LogP contribution in [0.4, 0.5) is 19.0 Å². The molecule has 1 aromatic heterocycles. The maximum absolute atomic E-state index is 13.0. The number of hydrogen-bond donors (Lipinski definition) is 3. The molecule has 3 N–H and O–H groups in total. The van der Waals surface area contributed by atoms with Crippen molar-refractivity contribution in [3.05, 3.63) is 18.1 Å². The summed E-state index contributed by atoms with van der Waals surface area (Å²) in [6.45, 7) is 3.61. The van der Waals surface area contributed by atoms with Crippen molar-refractivity contribution >= 4 is 17.7 Å². The van der Waals surface area contributed by atoms with Crippen LogP contribution in [0.2, 0.25) is 0 Å². The first-order valence-corrected chi connectivity index (χ1v) is 11.8. The van der Waals surface area contributed by atoms with Gasteiger partial charge in [-0.1, -0.05) is 0 Å². The molecule has 0 unspecified atom stereocenters. The molecule has 13 nitrogen and oxygen atoms in total. The molecular formula is C22H31F3N4O9. The predicted octanol–water partition coefficient (Wildman–Crippen LogP) is 0.445. The zero-order valence-electron chi connectivity index (χ0n) is 20.9. The monoisotopic (exact) mass is 552 g/mol. The molecule has 16 heteroatoms. The number of aliphatic carboxylic acids is 1. The van der Waals surface area contributed by atoms with Crippen molar-refractivity contribution < 1.29 is 56.3 Å². The fraction of sp³-hybridized carbons (Fsp3) is 0.727. The van der Waals surface area contributed by atoms with E-state index >= 15 is 0 Å². The zero-order valence-corrected chi connectivity index (χ0v) is 20.9. The molecule has 38 heavy (non-hydrogen) atoms. The Morgan fingerprint density at radius 1 is 1.08 bits per heavy atom. The number of alkyl halides is 3. The van der Waals surface area contributed by atoms with E-state index in [9.17, 15) is 22.8 Å². The fourth-order valence-corrected chi connectivity index (χ4v) is 3.82. The third kappa shape index (κ3) is 9.28. The number of hydrogen-bond acceptors (Lipinski definition) is 11. The number of anilines is 1. The number of nitrogens with zero attached hydrogens (tertiary/aromatic N) is 2. The molecule has 2 fully saturated rings. The molecule has 4 atom stereocenters. The molecule has 1 aromatic rings. The average molecular weight is 553 g/mol. The highest BCUT2D eigenvalue weighted by molar-refractivity contribution is 5.77. The SMILES string of the molecule is CC1(C)O[C@@H]2[C@H](O1)[C@@H](Nc1cncc(C(F)(F)F)n1)CO[C@@H]2CNC(=O)COCCOCCOCC(=O)O. The largest absolute Gasteiger partial charge is 0.480 e.